The van der Waals surface area contributed by atoms with Crippen molar-refractivity contribution >= 4 is 17.6 Å². The standard InChI is InChI=1S/C12H19N3S/c1-8-5-6-15-12(13)10(8)11(14-2)9-4-3-7-16-9/h5-6,9,11,14H,3-4,7H2,1-2H3,(H2,13,15). The lowest BCUT2D eigenvalue weighted by Crippen LogP contribution is -2.27. The van der Waals surface area contributed by atoms with Gasteiger partial charge in [0.05, 0.1) is 0 Å². The summed E-state index contributed by atoms with van der Waals surface area (Å²) in [5.41, 5.74) is 8.43. The van der Waals surface area contributed by atoms with Gasteiger partial charge in [-0.3, -0.25) is 0 Å². The highest BCUT2D eigenvalue weighted by molar-refractivity contribution is 8.00. The fourth-order valence-corrected chi connectivity index (χ4v) is 3.81. The van der Waals surface area contributed by atoms with Crippen LogP contribution in [0, 0.1) is 6.92 Å². The number of nitrogens with two attached hydrogens (primary N) is 1. The van der Waals surface area contributed by atoms with Gasteiger partial charge in [0.1, 0.15) is 5.82 Å². The van der Waals surface area contributed by atoms with Gasteiger partial charge < -0.3 is 11.1 Å². The zero-order valence-corrected chi connectivity index (χ0v) is 10.7. The summed E-state index contributed by atoms with van der Waals surface area (Å²) in [7, 11) is 2.01. The van der Waals surface area contributed by atoms with Gasteiger partial charge in [0.2, 0.25) is 0 Å². The largest absolute Gasteiger partial charge is 0.383 e. The topological polar surface area (TPSA) is 50.9 Å². The average molecular weight is 237 g/mol. The Bertz CT molecular complexity index is 341. The zero-order chi connectivity index (χ0) is 11.5. The minimum atomic E-state index is 0.334. The summed E-state index contributed by atoms with van der Waals surface area (Å²) < 4.78 is 0. The van der Waals surface area contributed by atoms with Crippen molar-refractivity contribution in [3.8, 4) is 0 Å². The lowest BCUT2D eigenvalue weighted by Gasteiger charge is -2.25. The molecular weight excluding hydrogens is 218 g/mol. The van der Waals surface area contributed by atoms with Crippen LogP contribution in [0.25, 0.3) is 0 Å². The molecule has 0 radical (unpaired) electrons. The maximum Gasteiger partial charge on any atom is 0.128 e. The maximum absolute atomic E-state index is 6.01. The average Bonchev–Trinajstić information content (AvgIpc) is 2.77. The van der Waals surface area contributed by atoms with Crippen molar-refractivity contribution in [3.63, 3.8) is 0 Å². The van der Waals surface area contributed by atoms with Crippen molar-refractivity contribution in [2.45, 2.75) is 31.1 Å². The normalized spacial score (nSPS) is 22.2. The van der Waals surface area contributed by atoms with E-state index in [4.69, 9.17) is 5.73 Å². The predicted octanol–water partition coefficient (Wildman–Crippen LogP) is 2.13. The summed E-state index contributed by atoms with van der Waals surface area (Å²) in [6.45, 7) is 2.11. The van der Waals surface area contributed by atoms with Gasteiger partial charge in [-0.2, -0.15) is 11.8 Å². The number of thioether (sulfide) groups is 1. The molecule has 4 heteroatoms. The number of pyridine rings is 1. The van der Waals surface area contributed by atoms with Crippen molar-refractivity contribution in [1.82, 2.24) is 10.3 Å². The number of anilines is 1. The molecule has 0 aliphatic carbocycles. The van der Waals surface area contributed by atoms with Crippen LogP contribution < -0.4 is 11.1 Å². The predicted molar refractivity (Wildman–Crippen MR) is 70.7 cm³/mol. The molecule has 2 heterocycles. The van der Waals surface area contributed by atoms with E-state index >= 15 is 0 Å². The van der Waals surface area contributed by atoms with E-state index in [2.05, 4.69) is 17.2 Å². The second kappa shape index (κ2) is 5.06. The molecule has 1 aliphatic rings. The highest BCUT2D eigenvalue weighted by Gasteiger charge is 2.28. The quantitative estimate of drug-likeness (QED) is 0.845. The Kier molecular flexibility index (Phi) is 3.71. The summed E-state index contributed by atoms with van der Waals surface area (Å²) in [4.78, 5) is 4.21. The summed E-state index contributed by atoms with van der Waals surface area (Å²) in [5.74, 6) is 1.94. The van der Waals surface area contributed by atoms with E-state index < -0.39 is 0 Å². The van der Waals surface area contributed by atoms with E-state index in [1.165, 1.54) is 29.7 Å². The van der Waals surface area contributed by atoms with Crippen molar-refractivity contribution in [1.29, 1.82) is 0 Å². The second-order valence-electron chi connectivity index (χ2n) is 4.24. The van der Waals surface area contributed by atoms with Crippen LogP contribution in [-0.4, -0.2) is 23.0 Å². The fourth-order valence-electron chi connectivity index (χ4n) is 2.38. The van der Waals surface area contributed by atoms with E-state index in [0.29, 0.717) is 17.1 Å². The number of rotatable bonds is 3. The fraction of sp³-hybridized carbons (Fsp3) is 0.583. The van der Waals surface area contributed by atoms with E-state index in [9.17, 15) is 0 Å². The number of aromatic nitrogens is 1. The smallest absolute Gasteiger partial charge is 0.128 e. The van der Waals surface area contributed by atoms with Crippen LogP contribution in [0.15, 0.2) is 12.3 Å². The van der Waals surface area contributed by atoms with Crippen LogP contribution in [0.1, 0.15) is 30.0 Å². The molecule has 3 nitrogen and oxygen atoms in total. The van der Waals surface area contributed by atoms with Gasteiger partial charge in [-0.05, 0) is 44.2 Å². The molecule has 0 bridgehead atoms. The molecule has 1 saturated heterocycles. The first kappa shape index (κ1) is 11.7. The van der Waals surface area contributed by atoms with E-state index in [1.807, 2.05) is 24.9 Å². The molecule has 1 fully saturated rings. The minimum Gasteiger partial charge on any atom is -0.383 e. The SMILES string of the molecule is CNC(c1c(C)ccnc1N)C1CCCS1. The van der Waals surface area contributed by atoms with Crippen LogP contribution in [0.3, 0.4) is 0 Å². The van der Waals surface area contributed by atoms with Gasteiger partial charge in [0.25, 0.3) is 0 Å². The first-order valence-electron chi connectivity index (χ1n) is 5.74. The number of hydrogen-bond donors (Lipinski definition) is 2. The Balaban J connectivity index is 2.32. The van der Waals surface area contributed by atoms with Crippen molar-refractivity contribution in [3.05, 3.63) is 23.4 Å². The Morgan fingerprint density at radius 2 is 2.44 bits per heavy atom. The van der Waals surface area contributed by atoms with Crippen LogP contribution in [0.5, 0.6) is 0 Å². The Morgan fingerprint density at radius 3 is 3.00 bits per heavy atom. The zero-order valence-electron chi connectivity index (χ0n) is 9.86. The first-order chi connectivity index (χ1) is 7.74. The number of hydrogen-bond acceptors (Lipinski definition) is 4. The first-order valence-corrected chi connectivity index (χ1v) is 6.78. The maximum atomic E-state index is 6.01. The van der Waals surface area contributed by atoms with E-state index in [0.717, 1.165) is 0 Å². The Morgan fingerprint density at radius 1 is 1.62 bits per heavy atom. The molecule has 0 aromatic carbocycles. The van der Waals surface area contributed by atoms with Crippen molar-refractivity contribution < 1.29 is 0 Å². The van der Waals surface area contributed by atoms with Crippen molar-refractivity contribution in [2.24, 2.45) is 0 Å². The summed E-state index contributed by atoms with van der Waals surface area (Å²) in [6, 6.07) is 2.37. The monoisotopic (exact) mass is 237 g/mol. The molecule has 88 valence electrons. The molecule has 0 amide bonds. The third kappa shape index (κ3) is 2.18. The molecule has 0 spiro atoms. The van der Waals surface area contributed by atoms with Gasteiger partial charge >= 0.3 is 0 Å². The van der Waals surface area contributed by atoms with E-state index in [1.54, 1.807) is 6.20 Å². The van der Waals surface area contributed by atoms with E-state index in [-0.39, 0.29) is 0 Å². The van der Waals surface area contributed by atoms with Gasteiger partial charge in [-0.1, -0.05) is 0 Å². The molecule has 3 N–H and O–H groups in total. The summed E-state index contributed by atoms with van der Waals surface area (Å²) in [6.07, 6.45) is 4.36. The minimum absolute atomic E-state index is 0.334. The second-order valence-corrected chi connectivity index (χ2v) is 5.59. The Labute approximate surface area is 101 Å². The number of nitrogen functional groups attached to an aromatic ring is 1. The highest BCUT2D eigenvalue weighted by atomic mass is 32.2. The number of nitrogens with zero attached hydrogens (tertiary/aromatic N) is 1. The molecule has 2 rings (SSSR count). The van der Waals surface area contributed by atoms with Gasteiger partial charge in [0, 0.05) is 23.1 Å². The lowest BCUT2D eigenvalue weighted by atomic mass is 9.97. The molecule has 16 heavy (non-hydrogen) atoms. The number of aryl methyl sites for hydroxylation is 1. The molecule has 1 aromatic heterocycles. The molecule has 1 aliphatic heterocycles. The van der Waals surface area contributed by atoms with Crippen molar-refractivity contribution in [2.75, 3.05) is 18.5 Å². The third-order valence-electron chi connectivity index (χ3n) is 3.20. The number of nitrogens with one attached hydrogen (secondary N) is 1. The van der Waals surface area contributed by atoms with Crippen LogP contribution in [0.2, 0.25) is 0 Å². The van der Waals surface area contributed by atoms with Crippen LogP contribution >= 0.6 is 11.8 Å². The molecule has 2 unspecified atom stereocenters. The third-order valence-corrected chi connectivity index (χ3v) is 4.66. The molecular formula is C12H19N3S. The van der Waals surface area contributed by atoms with Gasteiger partial charge in [-0.25, -0.2) is 4.98 Å². The molecule has 2 atom stereocenters. The molecule has 1 aromatic rings. The lowest BCUT2D eigenvalue weighted by molar-refractivity contribution is 0.549. The van der Waals surface area contributed by atoms with Crippen LogP contribution in [-0.2, 0) is 0 Å². The van der Waals surface area contributed by atoms with Gasteiger partial charge in [-0.15, -0.1) is 0 Å². The van der Waals surface area contributed by atoms with Gasteiger partial charge in [0.15, 0.2) is 0 Å². The molecule has 0 saturated carbocycles. The summed E-state index contributed by atoms with van der Waals surface area (Å²) in [5, 5.41) is 4.04. The highest BCUT2D eigenvalue weighted by Crippen LogP contribution is 2.38. The van der Waals surface area contributed by atoms with Crippen LogP contribution in [0.4, 0.5) is 5.82 Å². The Hall–Kier alpha value is -0.740. The summed E-state index contributed by atoms with van der Waals surface area (Å²) >= 11 is 2.04.